The molecule has 1 unspecified atom stereocenters. The van der Waals surface area contributed by atoms with Gasteiger partial charge in [0.05, 0.1) is 0 Å². The lowest BCUT2D eigenvalue weighted by Crippen LogP contribution is -2.36. The lowest BCUT2D eigenvalue weighted by atomic mass is 10.1. The van der Waals surface area contributed by atoms with Gasteiger partial charge in [-0.05, 0) is 38.6 Å². The molecule has 0 saturated carbocycles. The molecule has 1 aromatic carbocycles. The predicted octanol–water partition coefficient (Wildman–Crippen LogP) is 1.81. The molecule has 0 spiro atoms. The highest BCUT2D eigenvalue weighted by molar-refractivity contribution is 5.47. The molecule has 18 heavy (non-hydrogen) atoms. The van der Waals surface area contributed by atoms with Gasteiger partial charge in [0, 0.05) is 37.4 Å². The fourth-order valence-electron chi connectivity index (χ4n) is 2.57. The molecule has 3 nitrogen and oxygen atoms in total. The second kappa shape index (κ2) is 5.67. The summed E-state index contributed by atoms with van der Waals surface area (Å²) in [6, 6.07) is 5.88. The van der Waals surface area contributed by atoms with Crippen molar-refractivity contribution in [3.63, 3.8) is 0 Å². The van der Waals surface area contributed by atoms with Gasteiger partial charge >= 0.3 is 0 Å². The molecular formula is C14H22FN3. The summed E-state index contributed by atoms with van der Waals surface area (Å²) in [6.45, 7) is 2.36. The van der Waals surface area contributed by atoms with Crippen molar-refractivity contribution in [2.45, 2.75) is 25.4 Å². The fraction of sp³-hybridized carbons (Fsp3) is 0.571. The summed E-state index contributed by atoms with van der Waals surface area (Å²) in [6.07, 6.45) is 2.49. The molecule has 1 atom stereocenters. The molecule has 1 aliphatic heterocycles. The molecule has 1 heterocycles. The van der Waals surface area contributed by atoms with Crippen molar-refractivity contribution in [3.8, 4) is 0 Å². The Labute approximate surface area is 108 Å². The SMILES string of the molecule is CN(CC1CCCN1C)c1ccc(CN)c(F)c1. The van der Waals surface area contributed by atoms with Crippen molar-refractivity contribution in [1.82, 2.24) is 4.90 Å². The monoisotopic (exact) mass is 251 g/mol. The first-order valence-electron chi connectivity index (χ1n) is 6.51. The molecule has 0 radical (unpaired) electrons. The Morgan fingerprint density at radius 3 is 2.83 bits per heavy atom. The van der Waals surface area contributed by atoms with E-state index in [0.29, 0.717) is 11.6 Å². The molecular weight excluding hydrogens is 229 g/mol. The highest BCUT2D eigenvalue weighted by Gasteiger charge is 2.22. The number of halogens is 1. The maximum absolute atomic E-state index is 13.7. The zero-order chi connectivity index (χ0) is 13.1. The molecule has 1 saturated heterocycles. The van der Waals surface area contributed by atoms with E-state index < -0.39 is 0 Å². The van der Waals surface area contributed by atoms with Crippen LogP contribution in [0.1, 0.15) is 18.4 Å². The first-order valence-corrected chi connectivity index (χ1v) is 6.51. The molecule has 4 heteroatoms. The number of likely N-dealkylation sites (tertiary alicyclic amines) is 1. The Balaban J connectivity index is 2.04. The number of likely N-dealkylation sites (N-methyl/N-ethyl adjacent to an activating group) is 2. The molecule has 2 rings (SSSR count). The third-order valence-electron chi connectivity index (χ3n) is 3.85. The van der Waals surface area contributed by atoms with E-state index in [-0.39, 0.29) is 12.4 Å². The first kappa shape index (κ1) is 13.3. The lowest BCUT2D eigenvalue weighted by molar-refractivity contribution is 0.314. The average molecular weight is 251 g/mol. The molecule has 2 N–H and O–H groups in total. The smallest absolute Gasteiger partial charge is 0.129 e. The summed E-state index contributed by atoms with van der Waals surface area (Å²) >= 11 is 0. The standard InChI is InChI=1S/C14H22FN3/c1-17-7-3-4-13(17)10-18(2)12-6-5-11(9-16)14(15)8-12/h5-6,8,13H,3-4,7,9-10,16H2,1-2H3. The third-order valence-corrected chi connectivity index (χ3v) is 3.85. The predicted molar refractivity (Wildman–Crippen MR) is 73.2 cm³/mol. The minimum Gasteiger partial charge on any atom is -0.373 e. The Morgan fingerprint density at radius 2 is 2.28 bits per heavy atom. The van der Waals surface area contributed by atoms with Crippen LogP contribution in [0.5, 0.6) is 0 Å². The van der Waals surface area contributed by atoms with Crippen LogP contribution in [0, 0.1) is 5.82 Å². The zero-order valence-electron chi connectivity index (χ0n) is 11.2. The van der Waals surface area contributed by atoms with Gasteiger partial charge in [0.25, 0.3) is 0 Å². The van der Waals surface area contributed by atoms with E-state index >= 15 is 0 Å². The van der Waals surface area contributed by atoms with Crippen molar-refractivity contribution in [1.29, 1.82) is 0 Å². The van der Waals surface area contributed by atoms with E-state index in [1.807, 2.05) is 13.1 Å². The normalized spacial score (nSPS) is 20.3. The van der Waals surface area contributed by atoms with Crippen LogP contribution < -0.4 is 10.6 Å². The van der Waals surface area contributed by atoms with Gasteiger partial charge in [0.1, 0.15) is 5.82 Å². The molecule has 0 aromatic heterocycles. The number of benzene rings is 1. The van der Waals surface area contributed by atoms with E-state index in [9.17, 15) is 4.39 Å². The van der Waals surface area contributed by atoms with Crippen LogP contribution >= 0.6 is 0 Å². The van der Waals surface area contributed by atoms with Crippen LogP contribution in [0.2, 0.25) is 0 Å². The highest BCUT2D eigenvalue weighted by atomic mass is 19.1. The van der Waals surface area contributed by atoms with Crippen LogP contribution in [0.15, 0.2) is 18.2 Å². The number of nitrogens with two attached hydrogens (primary N) is 1. The van der Waals surface area contributed by atoms with Gasteiger partial charge in [-0.25, -0.2) is 4.39 Å². The molecule has 1 aliphatic rings. The third kappa shape index (κ3) is 2.82. The van der Waals surface area contributed by atoms with Gasteiger partial charge in [-0.1, -0.05) is 6.07 Å². The highest BCUT2D eigenvalue weighted by Crippen LogP contribution is 2.21. The molecule has 100 valence electrons. The van der Waals surface area contributed by atoms with Gasteiger partial charge in [-0.2, -0.15) is 0 Å². The Hall–Kier alpha value is -1.13. The second-order valence-electron chi connectivity index (χ2n) is 5.14. The number of hydrogen-bond acceptors (Lipinski definition) is 3. The molecule has 0 aliphatic carbocycles. The Morgan fingerprint density at radius 1 is 1.50 bits per heavy atom. The van der Waals surface area contributed by atoms with E-state index in [4.69, 9.17) is 5.73 Å². The van der Waals surface area contributed by atoms with Crippen molar-refractivity contribution in [2.24, 2.45) is 5.73 Å². The van der Waals surface area contributed by atoms with E-state index in [2.05, 4.69) is 16.8 Å². The number of rotatable bonds is 4. The Bertz CT molecular complexity index is 408. The maximum Gasteiger partial charge on any atom is 0.129 e. The number of nitrogens with zero attached hydrogens (tertiary/aromatic N) is 2. The minimum atomic E-state index is -0.207. The maximum atomic E-state index is 13.7. The second-order valence-corrected chi connectivity index (χ2v) is 5.14. The summed E-state index contributed by atoms with van der Waals surface area (Å²) in [4.78, 5) is 4.50. The van der Waals surface area contributed by atoms with Crippen LogP contribution in [0.25, 0.3) is 0 Å². The summed E-state index contributed by atoms with van der Waals surface area (Å²) in [5.41, 5.74) is 6.96. The van der Waals surface area contributed by atoms with Gasteiger partial charge in [-0.15, -0.1) is 0 Å². The molecule has 1 aromatic rings. The molecule has 1 fully saturated rings. The topological polar surface area (TPSA) is 32.5 Å². The van der Waals surface area contributed by atoms with E-state index in [1.54, 1.807) is 12.1 Å². The fourth-order valence-corrected chi connectivity index (χ4v) is 2.57. The van der Waals surface area contributed by atoms with Crippen molar-refractivity contribution in [2.75, 3.05) is 32.1 Å². The van der Waals surface area contributed by atoms with Crippen LogP contribution in [-0.4, -0.2) is 38.1 Å². The Kier molecular flexibility index (Phi) is 4.19. The van der Waals surface area contributed by atoms with Crippen molar-refractivity contribution < 1.29 is 4.39 Å². The average Bonchev–Trinajstić information content (AvgIpc) is 2.75. The summed E-state index contributed by atoms with van der Waals surface area (Å²) in [7, 11) is 4.17. The summed E-state index contributed by atoms with van der Waals surface area (Å²) < 4.78 is 13.7. The number of anilines is 1. The van der Waals surface area contributed by atoms with Crippen molar-refractivity contribution in [3.05, 3.63) is 29.6 Å². The van der Waals surface area contributed by atoms with Gasteiger partial charge in [0.2, 0.25) is 0 Å². The first-order chi connectivity index (χ1) is 8.61. The summed E-state index contributed by atoms with van der Waals surface area (Å²) in [5.74, 6) is -0.207. The molecule has 0 amide bonds. The van der Waals surface area contributed by atoms with Crippen molar-refractivity contribution >= 4 is 5.69 Å². The van der Waals surface area contributed by atoms with E-state index in [1.165, 1.54) is 19.4 Å². The van der Waals surface area contributed by atoms with E-state index in [0.717, 1.165) is 12.2 Å². The van der Waals surface area contributed by atoms with Gasteiger partial charge < -0.3 is 15.5 Å². The largest absolute Gasteiger partial charge is 0.373 e. The van der Waals surface area contributed by atoms with Crippen LogP contribution in [0.4, 0.5) is 10.1 Å². The van der Waals surface area contributed by atoms with Gasteiger partial charge in [-0.3, -0.25) is 0 Å². The van der Waals surface area contributed by atoms with Crippen LogP contribution in [-0.2, 0) is 6.54 Å². The quantitative estimate of drug-likeness (QED) is 0.886. The summed E-state index contributed by atoms with van der Waals surface area (Å²) in [5, 5.41) is 0. The molecule has 0 bridgehead atoms. The lowest BCUT2D eigenvalue weighted by Gasteiger charge is -2.27. The number of hydrogen-bond donors (Lipinski definition) is 1. The zero-order valence-corrected chi connectivity index (χ0v) is 11.2. The minimum absolute atomic E-state index is 0.207. The van der Waals surface area contributed by atoms with Gasteiger partial charge in [0.15, 0.2) is 0 Å². The van der Waals surface area contributed by atoms with Crippen LogP contribution in [0.3, 0.4) is 0 Å².